The van der Waals surface area contributed by atoms with E-state index in [1.807, 2.05) is 30.3 Å². The molecule has 2 aromatic carbocycles. The number of carbonyl (C=O) groups is 1. The second-order valence-corrected chi connectivity index (χ2v) is 8.88. The molecule has 0 radical (unpaired) electrons. The van der Waals surface area contributed by atoms with Gasteiger partial charge in [0.2, 0.25) is 11.7 Å². The van der Waals surface area contributed by atoms with Gasteiger partial charge in [-0.2, -0.15) is 13.4 Å². The van der Waals surface area contributed by atoms with Crippen molar-refractivity contribution in [1.82, 2.24) is 20.2 Å². The number of rotatable bonds is 12. The number of nitrogens with two attached hydrogens (primary N) is 1. The average molecular weight is 508 g/mol. The van der Waals surface area contributed by atoms with Crippen molar-refractivity contribution >= 4 is 16.3 Å². The lowest BCUT2D eigenvalue weighted by Gasteiger charge is -2.15. The van der Waals surface area contributed by atoms with E-state index in [0.717, 1.165) is 5.56 Å². The minimum atomic E-state index is -3.78. The van der Waals surface area contributed by atoms with Crippen LogP contribution >= 0.6 is 0 Å². The van der Waals surface area contributed by atoms with Crippen molar-refractivity contribution in [2.45, 2.75) is 31.9 Å². The molecule has 1 amide bonds. The van der Waals surface area contributed by atoms with Crippen molar-refractivity contribution in [3.63, 3.8) is 0 Å². The molecule has 0 saturated heterocycles. The van der Waals surface area contributed by atoms with Crippen molar-refractivity contribution in [1.29, 1.82) is 0 Å². The van der Waals surface area contributed by atoms with Crippen molar-refractivity contribution in [3.8, 4) is 17.1 Å². The Morgan fingerprint density at radius 1 is 1.20 bits per heavy atom. The van der Waals surface area contributed by atoms with E-state index in [1.54, 1.807) is 0 Å². The lowest BCUT2D eigenvalue weighted by atomic mass is 10.1. The predicted octanol–water partition coefficient (Wildman–Crippen LogP) is 2.82. The summed E-state index contributed by atoms with van der Waals surface area (Å²) in [6.45, 7) is 0.205. The summed E-state index contributed by atoms with van der Waals surface area (Å²) in [5.41, 5.74) is 1.28. The highest BCUT2D eigenvalue weighted by Crippen LogP contribution is 2.26. The molecule has 1 heterocycles. The number of amides is 1. The highest BCUT2D eigenvalue weighted by molar-refractivity contribution is 7.87. The lowest BCUT2D eigenvalue weighted by molar-refractivity contribution is 0.132. The number of halogens is 1. The van der Waals surface area contributed by atoms with Crippen molar-refractivity contribution < 1.29 is 31.6 Å². The Kier molecular flexibility index (Phi) is 9.11. The van der Waals surface area contributed by atoms with Crippen LogP contribution in [0.2, 0.25) is 0 Å². The summed E-state index contributed by atoms with van der Waals surface area (Å²) in [7, 11) is -2.44. The van der Waals surface area contributed by atoms with Gasteiger partial charge >= 0.3 is 6.09 Å². The standard InChI is InChI=1S/C22H26FN5O6S/c1-32-19-13-16(10-11-17(19)23)20-27-21(34-28-20)18(9-5-6-12-25-35(24,30)31)26-22(29)33-14-15-7-3-2-4-8-15/h2-4,7-8,10-11,13,18,25H,5-6,9,12,14H2,1H3,(H,26,29)(H2,24,30,31)/t18-/m0/s1. The number of alkyl carbamates (subject to hydrolysis) is 1. The highest BCUT2D eigenvalue weighted by Gasteiger charge is 2.23. The molecule has 4 N–H and O–H groups in total. The normalized spacial score (nSPS) is 12.2. The maximum absolute atomic E-state index is 13.7. The van der Waals surface area contributed by atoms with Gasteiger partial charge in [-0.1, -0.05) is 35.5 Å². The van der Waals surface area contributed by atoms with Gasteiger partial charge in [0, 0.05) is 12.1 Å². The Bertz CT molecular complexity index is 1220. The summed E-state index contributed by atoms with van der Waals surface area (Å²) in [6, 6.07) is 12.6. The second-order valence-electron chi connectivity index (χ2n) is 7.50. The summed E-state index contributed by atoms with van der Waals surface area (Å²) in [4.78, 5) is 16.8. The fourth-order valence-corrected chi connectivity index (χ4v) is 3.57. The number of nitrogens with zero attached hydrogens (tertiary/aromatic N) is 2. The monoisotopic (exact) mass is 507 g/mol. The van der Waals surface area contributed by atoms with Crippen LogP contribution in [0, 0.1) is 5.82 Å². The van der Waals surface area contributed by atoms with Gasteiger partial charge in [-0.3, -0.25) is 0 Å². The van der Waals surface area contributed by atoms with Crippen LogP contribution in [0.5, 0.6) is 5.75 Å². The van der Waals surface area contributed by atoms with E-state index in [-0.39, 0.29) is 30.6 Å². The Balaban J connectivity index is 1.68. The number of aromatic nitrogens is 2. The Hall–Kier alpha value is -3.55. The molecule has 0 fully saturated rings. The zero-order valence-electron chi connectivity index (χ0n) is 18.9. The minimum Gasteiger partial charge on any atom is -0.494 e. The zero-order valence-corrected chi connectivity index (χ0v) is 19.8. The van der Waals surface area contributed by atoms with Crippen LogP contribution in [0.1, 0.15) is 36.8 Å². The molecule has 11 nitrogen and oxygen atoms in total. The first-order chi connectivity index (χ1) is 16.7. The van der Waals surface area contributed by atoms with E-state index in [9.17, 15) is 17.6 Å². The quantitative estimate of drug-likeness (QED) is 0.316. The average Bonchev–Trinajstić information content (AvgIpc) is 3.32. The van der Waals surface area contributed by atoms with Gasteiger partial charge in [-0.05, 0) is 43.0 Å². The van der Waals surface area contributed by atoms with Crippen LogP contribution in [0.4, 0.5) is 9.18 Å². The van der Waals surface area contributed by atoms with Gasteiger partial charge in [0.05, 0.1) is 7.11 Å². The van der Waals surface area contributed by atoms with Crippen LogP contribution < -0.4 is 19.9 Å². The van der Waals surface area contributed by atoms with Crippen molar-refractivity contribution in [2.24, 2.45) is 5.14 Å². The molecule has 0 aliphatic heterocycles. The van der Waals surface area contributed by atoms with Gasteiger partial charge in [0.15, 0.2) is 11.6 Å². The highest BCUT2D eigenvalue weighted by atomic mass is 32.2. The van der Waals surface area contributed by atoms with Gasteiger partial charge in [0.25, 0.3) is 10.2 Å². The number of methoxy groups -OCH3 is 1. The first-order valence-electron chi connectivity index (χ1n) is 10.7. The van der Waals surface area contributed by atoms with E-state index >= 15 is 0 Å². The summed E-state index contributed by atoms with van der Waals surface area (Å²) in [6.07, 6.45) is 0.601. The lowest BCUT2D eigenvalue weighted by Crippen LogP contribution is -2.32. The molecule has 1 atom stereocenters. The van der Waals surface area contributed by atoms with Crippen molar-refractivity contribution in [2.75, 3.05) is 13.7 Å². The van der Waals surface area contributed by atoms with E-state index in [4.69, 9.17) is 19.1 Å². The van der Waals surface area contributed by atoms with E-state index in [2.05, 4.69) is 20.2 Å². The third-order valence-electron chi connectivity index (χ3n) is 4.88. The molecule has 0 saturated carbocycles. The molecule has 0 aliphatic rings. The van der Waals surface area contributed by atoms with E-state index in [1.165, 1.54) is 25.3 Å². The van der Waals surface area contributed by atoms with Crippen LogP contribution in [0.3, 0.4) is 0 Å². The summed E-state index contributed by atoms with van der Waals surface area (Å²) < 4.78 is 53.6. The summed E-state index contributed by atoms with van der Waals surface area (Å²) >= 11 is 0. The van der Waals surface area contributed by atoms with Gasteiger partial charge in [0.1, 0.15) is 12.6 Å². The molecule has 0 bridgehead atoms. The zero-order chi connectivity index (χ0) is 25.3. The molecule has 188 valence electrons. The van der Waals surface area contributed by atoms with E-state index in [0.29, 0.717) is 24.8 Å². The molecule has 3 aromatic rings. The second kappa shape index (κ2) is 12.2. The Labute approximate surface area is 202 Å². The molecular weight excluding hydrogens is 481 g/mol. The molecule has 3 rings (SSSR count). The SMILES string of the molecule is COc1cc(-c2noc([C@H](CCCCNS(N)(=O)=O)NC(=O)OCc3ccccc3)n2)ccc1F. The number of benzene rings is 2. The van der Waals surface area contributed by atoms with Crippen LogP contribution in [-0.4, -0.2) is 38.3 Å². The van der Waals surface area contributed by atoms with Crippen LogP contribution in [-0.2, 0) is 21.6 Å². The molecule has 0 unspecified atom stereocenters. The number of hydrogen-bond acceptors (Lipinski definition) is 8. The molecular formula is C22H26FN5O6S. The third-order valence-corrected chi connectivity index (χ3v) is 5.48. The maximum atomic E-state index is 13.7. The first kappa shape index (κ1) is 26.1. The summed E-state index contributed by atoms with van der Waals surface area (Å²) in [5.74, 6) is -0.220. The van der Waals surface area contributed by atoms with Crippen molar-refractivity contribution in [3.05, 3.63) is 65.8 Å². The largest absolute Gasteiger partial charge is 0.494 e. The first-order valence-corrected chi connectivity index (χ1v) is 12.2. The molecule has 0 aliphatic carbocycles. The van der Waals surface area contributed by atoms with Gasteiger partial charge < -0.3 is 19.3 Å². The molecule has 1 aromatic heterocycles. The van der Waals surface area contributed by atoms with Gasteiger partial charge in [-0.15, -0.1) is 0 Å². The van der Waals surface area contributed by atoms with E-state index < -0.39 is 28.2 Å². The Morgan fingerprint density at radius 3 is 2.69 bits per heavy atom. The minimum absolute atomic E-state index is 0.0235. The fourth-order valence-electron chi connectivity index (χ4n) is 3.15. The smallest absolute Gasteiger partial charge is 0.408 e. The number of ether oxygens (including phenoxy) is 2. The topological polar surface area (TPSA) is 159 Å². The maximum Gasteiger partial charge on any atom is 0.408 e. The number of carbonyl (C=O) groups excluding carboxylic acids is 1. The predicted molar refractivity (Wildman–Crippen MR) is 124 cm³/mol. The summed E-state index contributed by atoms with van der Waals surface area (Å²) in [5, 5.41) is 11.6. The van der Waals surface area contributed by atoms with Crippen LogP contribution in [0.25, 0.3) is 11.4 Å². The molecule has 0 spiro atoms. The third kappa shape index (κ3) is 8.31. The van der Waals surface area contributed by atoms with Gasteiger partial charge in [-0.25, -0.2) is 19.0 Å². The number of hydrogen-bond donors (Lipinski definition) is 3. The molecule has 35 heavy (non-hydrogen) atoms. The number of unbranched alkanes of at least 4 members (excludes halogenated alkanes) is 1. The van der Waals surface area contributed by atoms with Crippen LogP contribution in [0.15, 0.2) is 53.1 Å². The Morgan fingerprint density at radius 2 is 1.97 bits per heavy atom. The number of nitrogens with one attached hydrogen (secondary N) is 2. The fraction of sp³-hybridized carbons (Fsp3) is 0.318. The molecule has 13 heteroatoms.